The van der Waals surface area contributed by atoms with Crippen LogP contribution in [-0.2, 0) is 13.1 Å². The first-order valence-corrected chi connectivity index (χ1v) is 10.7. The van der Waals surface area contributed by atoms with E-state index in [1.165, 1.54) is 23.3 Å². The van der Waals surface area contributed by atoms with Gasteiger partial charge in [-0.25, -0.2) is 4.39 Å². The SMILES string of the molecule is Cc1ccc(Cn2nc(C)c(NC(=S)Nc3ccn(Cc4cccc(F)c4)n3)c2C)cc1. The summed E-state index contributed by atoms with van der Waals surface area (Å²) >= 11 is 5.49. The van der Waals surface area contributed by atoms with Gasteiger partial charge in [-0.15, -0.1) is 0 Å². The van der Waals surface area contributed by atoms with Crippen molar-refractivity contribution in [3.8, 4) is 0 Å². The molecule has 0 atom stereocenters. The van der Waals surface area contributed by atoms with Crippen molar-refractivity contribution in [3.63, 3.8) is 0 Å². The third kappa shape index (κ3) is 5.20. The third-order valence-corrected chi connectivity index (χ3v) is 5.39. The summed E-state index contributed by atoms with van der Waals surface area (Å²) in [5.74, 6) is 0.355. The summed E-state index contributed by atoms with van der Waals surface area (Å²) in [7, 11) is 0. The number of rotatable bonds is 6. The van der Waals surface area contributed by atoms with Gasteiger partial charge in [-0.2, -0.15) is 10.2 Å². The Labute approximate surface area is 192 Å². The second-order valence-corrected chi connectivity index (χ2v) is 8.20. The first kappa shape index (κ1) is 21.7. The number of hydrogen-bond donors (Lipinski definition) is 2. The molecule has 0 bridgehead atoms. The van der Waals surface area contributed by atoms with Crippen molar-refractivity contribution < 1.29 is 4.39 Å². The van der Waals surface area contributed by atoms with Crippen LogP contribution in [0.25, 0.3) is 0 Å². The fraction of sp³-hybridized carbons (Fsp3) is 0.208. The minimum absolute atomic E-state index is 0.257. The van der Waals surface area contributed by atoms with Crippen molar-refractivity contribution >= 4 is 28.8 Å². The maximum atomic E-state index is 13.4. The molecule has 0 amide bonds. The molecule has 4 aromatic rings. The number of anilines is 2. The smallest absolute Gasteiger partial charge is 0.176 e. The lowest BCUT2D eigenvalue weighted by molar-refractivity contribution is 0.619. The van der Waals surface area contributed by atoms with E-state index < -0.39 is 0 Å². The Morgan fingerprint density at radius 3 is 2.47 bits per heavy atom. The van der Waals surface area contributed by atoms with Crippen molar-refractivity contribution in [1.29, 1.82) is 0 Å². The topological polar surface area (TPSA) is 59.7 Å². The van der Waals surface area contributed by atoms with E-state index in [9.17, 15) is 4.39 Å². The monoisotopic (exact) mass is 448 g/mol. The highest BCUT2D eigenvalue weighted by atomic mass is 32.1. The van der Waals surface area contributed by atoms with Gasteiger partial charge < -0.3 is 10.6 Å². The van der Waals surface area contributed by atoms with Gasteiger partial charge in [0.1, 0.15) is 5.82 Å². The molecule has 0 aliphatic carbocycles. The predicted molar refractivity (Wildman–Crippen MR) is 130 cm³/mol. The zero-order valence-corrected chi connectivity index (χ0v) is 19.1. The van der Waals surface area contributed by atoms with Gasteiger partial charge in [0, 0.05) is 12.3 Å². The van der Waals surface area contributed by atoms with Gasteiger partial charge in [0.15, 0.2) is 10.9 Å². The molecule has 2 aromatic carbocycles. The van der Waals surface area contributed by atoms with Crippen LogP contribution in [0.3, 0.4) is 0 Å². The Kier molecular flexibility index (Phi) is 6.32. The number of hydrogen-bond acceptors (Lipinski definition) is 3. The van der Waals surface area contributed by atoms with E-state index in [1.54, 1.807) is 10.7 Å². The van der Waals surface area contributed by atoms with Crippen molar-refractivity contribution in [2.75, 3.05) is 10.6 Å². The molecular formula is C24H25FN6S. The Morgan fingerprint density at radius 1 is 0.938 bits per heavy atom. The molecule has 8 heteroatoms. The van der Waals surface area contributed by atoms with E-state index in [0.29, 0.717) is 24.0 Å². The fourth-order valence-corrected chi connectivity index (χ4v) is 3.70. The normalized spacial score (nSPS) is 10.9. The van der Waals surface area contributed by atoms with Gasteiger partial charge in [0.05, 0.1) is 30.2 Å². The van der Waals surface area contributed by atoms with Gasteiger partial charge >= 0.3 is 0 Å². The van der Waals surface area contributed by atoms with Crippen LogP contribution < -0.4 is 10.6 Å². The second kappa shape index (κ2) is 9.32. The lowest BCUT2D eigenvalue weighted by Gasteiger charge is -2.10. The summed E-state index contributed by atoms with van der Waals surface area (Å²) < 4.78 is 17.1. The minimum atomic E-state index is -0.257. The fourth-order valence-electron chi connectivity index (χ4n) is 3.50. The summed E-state index contributed by atoms with van der Waals surface area (Å²) in [5.41, 5.74) is 6.03. The van der Waals surface area contributed by atoms with Crippen molar-refractivity contribution in [1.82, 2.24) is 19.6 Å². The first-order chi connectivity index (χ1) is 15.4. The van der Waals surface area contributed by atoms with Crippen molar-refractivity contribution in [2.45, 2.75) is 33.9 Å². The first-order valence-electron chi connectivity index (χ1n) is 10.3. The van der Waals surface area contributed by atoms with Crippen LogP contribution in [-0.4, -0.2) is 24.7 Å². The van der Waals surface area contributed by atoms with Crippen LogP contribution in [0, 0.1) is 26.6 Å². The quantitative estimate of drug-likeness (QED) is 0.404. The molecular weight excluding hydrogens is 423 g/mol. The highest BCUT2D eigenvalue weighted by molar-refractivity contribution is 7.80. The number of thiocarbonyl (C=S) groups is 1. The van der Waals surface area contributed by atoms with Gasteiger partial charge in [-0.3, -0.25) is 9.36 Å². The highest BCUT2D eigenvalue weighted by Crippen LogP contribution is 2.21. The van der Waals surface area contributed by atoms with E-state index in [4.69, 9.17) is 12.2 Å². The maximum Gasteiger partial charge on any atom is 0.176 e. The molecule has 32 heavy (non-hydrogen) atoms. The molecule has 0 fully saturated rings. The van der Waals surface area contributed by atoms with Crippen LogP contribution in [0.1, 0.15) is 28.1 Å². The minimum Gasteiger partial charge on any atom is -0.329 e. The van der Waals surface area contributed by atoms with Crippen LogP contribution in [0.2, 0.25) is 0 Å². The Morgan fingerprint density at radius 2 is 1.72 bits per heavy atom. The van der Waals surface area contributed by atoms with E-state index in [-0.39, 0.29) is 5.82 Å². The molecule has 6 nitrogen and oxygen atoms in total. The molecule has 2 aromatic heterocycles. The molecule has 0 unspecified atom stereocenters. The lowest BCUT2D eigenvalue weighted by atomic mass is 10.1. The molecule has 0 saturated carbocycles. The maximum absolute atomic E-state index is 13.4. The van der Waals surface area contributed by atoms with Crippen molar-refractivity contribution in [2.24, 2.45) is 0 Å². The molecule has 4 rings (SSSR count). The molecule has 0 saturated heterocycles. The molecule has 0 aliphatic rings. The summed E-state index contributed by atoms with van der Waals surface area (Å²) in [6.45, 7) is 7.22. The number of aryl methyl sites for hydroxylation is 2. The zero-order chi connectivity index (χ0) is 22.7. The van der Waals surface area contributed by atoms with E-state index >= 15 is 0 Å². The lowest BCUT2D eigenvalue weighted by Crippen LogP contribution is -2.20. The van der Waals surface area contributed by atoms with Gasteiger partial charge in [0.25, 0.3) is 0 Å². The molecule has 2 N–H and O–H groups in total. The largest absolute Gasteiger partial charge is 0.329 e. The van der Waals surface area contributed by atoms with Gasteiger partial charge in [-0.1, -0.05) is 42.0 Å². The average Bonchev–Trinajstić information content (AvgIpc) is 3.28. The van der Waals surface area contributed by atoms with E-state index in [1.807, 2.05) is 36.9 Å². The van der Waals surface area contributed by atoms with Crippen LogP contribution in [0.4, 0.5) is 15.9 Å². The number of benzene rings is 2. The predicted octanol–water partition coefficient (Wildman–Crippen LogP) is 5.05. The molecule has 2 heterocycles. The van der Waals surface area contributed by atoms with Crippen LogP contribution in [0.5, 0.6) is 0 Å². The zero-order valence-electron chi connectivity index (χ0n) is 18.3. The highest BCUT2D eigenvalue weighted by Gasteiger charge is 2.14. The number of halogens is 1. The summed E-state index contributed by atoms with van der Waals surface area (Å²) in [5, 5.41) is 15.9. The molecule has 164 valence electrons. The molecule has 0 spiro atoms. The van der Waals surface area contributed by atoms with Gasteiger partial charge in [0.2, 0.25) is 0 Å². The van der Waals surface area contributed by atoms with E-state index in [0.717, 1.165) is 22.6 Å². The second-order valence-electron chi connectivity index (χ2n) is 7.80. The van der Waals surface area contributed by atoms with E-state index in [2.05, 4.69) is 52.0 Å². The number of nitrogens with zero attached hydrogens (tertiary/aromatic N) is 4. The van der Waals surface area contributed by atoms with Crippen molar-refractivity contribution in [3.05, 3.63) is 94.7 Å². The average molecular weight is 449 g/mol. The number of aromatic nitrogens is 4. The van der Waals surface area contributed by atoms with Crippen LogP contribution >= 0.6 is 12.2 Å². The Balaban J connectivity index is 1.39. The Hall–Kier alpha value is -3.52. The summed E-state index contributed by atoms with van der Waals surface area (Å²) in [4.78, 5) is 0. The number of nitrogens with one attached hydrogen (secondary N) is 2. The molecule has 0 radical (unpaired) electrons. The van der Waals surface area contributed by atoms with Crippen LogP contribution in [0.15, 0.2) is 60.8 Å². The third-order valence-electron chi connectivity index (χ3n) is 5.19. The summed E-state index contributed by atoms with van der Waals surface area (Å²) in [6, 6.07) is 16.8. The van der Waals surface area contributed by atoms with Gasteiger partial charge in [-0.05, 0) is 56.2 Å². The Bertz CT molecular complexity index is 1240. The molecule has 0 aliphatic heterocycles. The standard InChI is InChI=1S/C24H25FN6S/c1-16-7-9-19(10-8-16)15-31-18(3)23(17(2)28-31)27-24(32)26-22-11-12-30(29-22)14-20-5-4-6-21(25)13-20/h4-13H,14-15H2,1-3H3,(H2,26,27,29,32). The summed E-state index contributed by atoms with van der Waals surface area (Å²) in [6.07, 6.45) is 1.83.